The number of nitriles is 1. The molecular formula is C28H36FN3O7. The molecule has 39 heavy (non-hydrogen) atoms. The Morgan fingerprint density at radius 1 is 1.18 bits per heavy atom. The minimum absolute atomic E-state index is 0.0806. The van der Waals surface area contributed by atoms with E-state index in [0.29, 0.717) is 25.7 Å². The zero-order valence-corrected chi connectivity index (χ0v) is 22.2. The van der Waals surface area contributed by atoms with Gasteiger partial charge in [-0.1, -0.05) is 0 Å². The van der Waals surface area contributed by atoms with E-state index in [9.17, 15) is 29.1 Å². The van der Waals surface area contributed by atoms with Crippen molar-refractivity contribution in [3.05, 3.63) is 23.3 Å². The number of carboxylic acid groups (broad SMARTS) is 1. The average molecular weight is 546 g/mol. The van der Waals surface area contributed by atoms with Gasteiger partial charge in [0.15, 0.2) is 0 Å². The molecule has 3 aliphatic rings. The summed E-state index contributed by atoms with van der Waals surface area (Å²) < 4.78 is 25.0. The monoisotopic (exact) mass is 545 g/mol. The molecule has 0 radical (unpaired) electrons. The van der Waals surface area contributed by atoms with Crippen LogP contribution in [0.15, 0.2) is 12.1 Å². The number of benzene rings is 1. The number of aliphatic carboxylic acids is 1. The minimum atomic E-state index is -1.55. The van der Waals surface area contributed by atoms with Gasteiger partial charge in [-0.25, -0.2) is 4.39 Å². The van der Waals surface area contributed by atoms with Gasteiger partial charge in [0.05, 0.1) is 48.8 Å². The van der Waals surface area contributed by atoms with Crippen molar-refractivity contribution in [3.63, 3.8) is 0 Å². The zero-order chi connectivity index (χ0) is 28.3. The van der Waals surface area contributed by atoms with E-state index in [4.69, 9.17) is 14.6 Å². The van der Waals surface area contributed by atoms with E-state index < -0.39 is 42.0 Å². The summed E-state index contributed by atoms with van der Waals surface area (Å²) in [6.07, 6.45) is 2.54. The van der Waals surface area contributed by atoms with E-state index in [-0.39, 0.29) is 53.0 Å². The van der Waals surface area contributed by atoms with Crippen molar-refractivity contribution in [1.29, 1.82) is 5.26 Å². The standard InChI is InChI=1S/C28H36FN3O7/c1-28(27(36)37)7-5-19(6-8-28)39-21-11-20(22(38-2)10-17(21)12-30)25(34)32-24-16-4-3-15(9-16)23(24)26(35)31-13-18(29)14-33/h10-11,15-16,18-19,23-24,33H,3-9,13-14H2,1-2H3,(H,31,35)(H,32,34)(H,36,37). The van der Waals surface area contributed by atoms with Crippen LogP contribution >= 0.6 is 0 Å². The molecule has 4 N–H and O–H groups in total. The van der Waals surface area contributed by atoms with Gasteiger partial charge in [-0.05, 0) is 69.8 Å². The van der Waals surface area contributed by atoms with Gasteiger partial charge >= 0.3 is 5.97 Å². The molecule has 0 aromatic heterocycles. The number of halogens is 1. The molecule has 1 aromatic rings. The maximum absolute atomic E-state index is 13.5. The van der Waals surface area contributed by atoms with Gasteiger partial charge in [0.2, 0.25) is 5.91 Å². The van der Waals surface area contributed by atoms with E-state index in [2.05, 4.69) is 16.7 Å². The van der Waals surface area contributed by atoms with Gasteiger partial charge in [0.1, 0.15) is 23.7 Å². The normalized spacial score (nSPS) is 30.2. The lowest BCUT2D eigenvalue weighted by molar-refractivity contribution is -0.150. The largest absolute Gasteiger partial charge is 0.496 e. The fourth-order valence-corrected chi connectivity index (χ4v) is 6.33. The molecule has 3 aliphatic carbocycles. The van der Waals surface area contributed by atoms with Crippen LogP contribution in [0.1, 0.15) is 67.8 Å². The van der Waals surface area contributed by atoms with E-state index in [0.717, 1.165) is 19.3 Å². The van der Waals surface area contributed by atoms with Crippen LogP contribution < -0.4 is 20.1 Å². The molecule has 1 aromatic carbocycles. The fourth-order valence-electron chi connectivity index (χ4n) is 6.33. The Kier molecular flexibility index (Phi) is 8.64. The number of fused-ring (bicyclic) bond motifs is 2. The summed E-state index contributed by atoms with van der Waals surface area (Å²) >= 11 is 0. The smallest absolute Gasteiger partial charge is 0.309 e. The molecular weight excluding hydrogens is 509 g/mol. The van der Waals surface area contributed by atoms with Crippen molar-refractivity contribution in [3.8, 4) is 17.6 Å². The maximum Gasteiger partial charge on any atom is 0.309 e. The number of methoxy groups -OCH3 is 1. The lowest BCUT2D eigenvalue weighted by Gasteiger charge is -2.34. The van der Waals surface area contributed by atoms with E-state index in [1.54, 1.807) is 6.92 Å². The van der Waals surface area contributed by atoms with Gasteiger partial charge in [-0.3, -0.25) is 14.4 Å². The molecule has 0 saturated heterocycles. The lowest BCUT2D eigenvalue weighted by atomic mass is 9.75. The number of nitrogens with one attached hydrogen (secondary N) is 2. The summed E-state index contributed by atoms with van der Waals surface area (Å²) in [5.74, 6) is -1.57. The van der Waals surface area contributed by atoms with Crippen LogP contribution in [0.2, 0.25) is 0 Å². The highest BCUT2D eigenvalue weighted by Gasteiger charge is 2.51. The number of carbonyl (C=O) groups excluding carboxylic acids is 2. The number of aliphatic hydroxyl groups excluding tert-OH is 1. The van der Waals surface area contributed by atoms with Crippen molar-refractivity contribution >= 4 is 17.8 Å². The van der Waals surface area contributed by atoms with Crippen molar-refractivity contribution in [2.24, 2.45) is 23.2 Å². The molecule has 11 heteroatoms. The molecule has 0 heterocycles. The molecule has 4 rings (SSSR count). The molecule has 3 saturated carbocycles. The van der Waals surface area contributed by atoms with Gasteiger partial charge < -0.3 is 30.3 Å². The van der Waals surface area contributed by atoms with Crippen LogP contribution in [0.25, 0.3) is 0 Å². The van der Waals surface area contributed by atoms with Gasteiger partial charge in [0, 0.05) is 12.1 Å². The number of ether oxygens (including phenoxy) is 2. The number of hydrogen-bond donors (Lipinski definition) is 4. The molecule has 0 spiro atoms. The number of aliphatic hydroxyl groups is 1. The third-order valence-electron chi connectivity index (χ3n) is 8.73. The molecule has 2 bridgehead atoms. The number of amides is 2. The minimum Gasteiger partial charge on any atom is -0.496 e. The van der Waals surface area contributed by atoms with Crippen LogP contribution in [0.4, 0.5) is 4.39 Å². The second-order valence-electron chi connectivity index (χ2n) is 11.2. The Morgan fingerprint density at radius 2 is 1.87 bits per heavy atom. The van der Waals surface area contributed by atoms with Gasteiger partial charge in [-0.2, -0.15) is 5.26 Å². The summed E-state index contributed by atoms with van der Waals surface area (Å²) in [7, 11) is 1.39. The molecule has 5 unspecified atom stereocenters. The van der Waals surface area contributed by atoms with Crippen molar-refractivity contribution in [1.82, 2.24) is 10.6 Å². The van der Waals surface area contributed by atoms with Crippen LogP contribution in [0, 0.1) is 34.5 Å². The van der Waals surface area contributed by atoms with Crippen molar-refractivity contribution in [2.75, 3.05) is 20.3 Å². The Balaban J connectivity index is 1.51. The first-order valence-electron chi connectivity index (χ1n) is 13.5. The highest BCUT2D eigenvalue weighted by atomic mass is 19.1. The second-order valence-corrected chi connectivity index (χ2v) is 11.2. The summed E-state index contributed by atoms with van der Waals surface area (Å²) in [6.45, 7) is 0.744. The lowest BCUT2D eigenvalue weighted by Crippen LogP contribution is -2.50. The maximum atomic E-state index is 13.5. The molecule has 0 aliphatic heterocycles. The predicted molar refractivity (Wildman–Crippen MR) is 137 cm³/mol. The van der Waals surface area contributed by atoms with Crippen LogP contribution in [0.3, 0.4) is 0 Å². The summed E-state index contributed by atoms with van der Waals surface area (Å²) in [4.78, 5) is 38.0. The van der Waals surface area contributed by atoms with E-state index in [1.807, 2.05) is 0 Å². The number of nitrogens with zero attached hydrogens (tertiary/aromatic N) is 1. The SMILES string of the molecule is COc1cc(C#N)c(OC2CCC(C)(C(=O)O)CC2)cc1C(=O)NC1C2CCC(C2)C1C(=O)NCC(F)CO. The number of rotatable bonds is 10. The summed E-state index contributed by atoms with van der Waals surface area (Å²) in [5, 5.41) is 33.7. The molecule has 5 atom stereocenters. The Hall–Kier alpha value is -3.39. The Bertz CT molecular complexity index is 1140. The van der Waals surface area contributed by atoms with E-state index in [1.165, 1.54) is 19.2 Å². The zero-order valence-electron chi connectivity index (χ0n) is 22.2. The average Bonchev–Trinajstić information content (AvgIpc) is 3.54. The number of carboxylic acids is 1. The first-order chi connectivity index (χ1) is 18.6. The topological polar surface area (TPSA) is 158 Å². The van der Waals surface area contributed by atoms with Crippen molar-refractivity contribution < 1.29 is 38.5 Å². The summed E-state index contributed by atoms with van der Waals surface area (Å²) in [5.41, 5.74) is -0.462. The molecule has 10 nitrogen and oxygen atoms in total. The highest BCUT2D eigenvalue weighted by molar-refractivity contribution is 5.98. The number of hydrogen-bond acceptors (Lipinski definition) is 7. The Labute approximate surface area is 226 Å². The molecule has 212 valence electrons. The van der Waals surface area contributed by atoms with Crippen molar-refractivity contribution in [2.45, 2.75) is 70.2 Å². The first-order valence-corrected chi connectivity index (χ1v) is 13.5. The predicted octanol–water partition coefficient (Wildman–Crippen LogP) is 2.57. The number of carbonyl (C=O) groups is 3. The summed E-state index contributed by atoms with van der Waals surface area (Å²) in [6, 6.07) is 4.54. The highest BCUT2D eigenvalue weighted by Crippen LogP contribution is 2.49. The Morgan fingerprint density at radius 3 is 2.49 bits per heavy atom. The first kappa shape index (κ1) is 28.6. The van der Waals surface area contributed by atoms with E-state index >= 15 is 0 Å². The second kappa shape index (κ2) is 11.8. The third kappa shape index (κ3) is 5.96. The van der Waals surface area contributed by atoms with Crippen LogP contribution in [0.5, 0.6) is 11.5 Å². The quantitative estimate of drug-likeness (QED) is 0.349. The van der Waals surface area contributed by atoms with Crippen LogP contribution in [-0.2, 0) is 9.59 Å². The van der Waals surface area contributed by atoms with Gasteiger partial charge in [-0.15, -0.1) is 0 Å². The fraction of sp³-hybridized carbons (Fsp3) is 0.643. The third-order valence-corrected chi connectivity index (χ3v) is 8.73. The van der Waals surface area contributed by atoms with Gasteiger partial charge in [0.25, 0.3) is 5.91 Å². The molecule has 2 amide bonds. The number of alkyl halides is 1. The van der Waals surface area contributed by atoms with Crippen LogP contribution in [-0.4, -0.2) is 66.6 Å². The molecule has 3 fully saturated rings.